The Labute approximate surface area is 482 Å². The summed E-state index contributed by atoms with van der Waals surface area (Å²) >= 11 is 0. The molecule has 0 amide bonds. The molecule has 5 nitrogen and oxygen atoms in total. The van der Waals surface area contributed by atoms with Gasteiger partial charge < -0.3 is 14.5 Å². The van der Waals surface area contributed by atoms with Gasteiger partial charge >= 0.3 is 0 Å². The lowest BCUT2D eigenvalue weighted by atomic mass is 9.63. The van der Waals surface area contributed by atoms with Crippen LogP contribution in [0.25, 0.3) is 61.0 Å². The number of pyridine rings is 1. The van der Waals surface area contributed by atoms with Crippen LogP contribution in [-0.2, 0) is 27.1 Å². The Morgan fingerprint density at radius 3 is 1.85 bits per heavy atom. The maximum Gasteiger partial charge on any atom is 0.137 e. The number of benzene rings is 8. The van der Waals surface area contributed by atoms with E-state index in [0.29, 0.717) is 51.4 Å². The highest BCUT2D eigenvalue weighted by Crippen LogP contribution is 2.54. The van der Waals surface area contributed by atoms with Crippen LogP contribution in [0, 0.1) is 0 Å². The van der Waals surface area contributed by atoms with Crippen molar-refractivity contribution in [3.05, 3.63) is 216 Å². The number of para-hydroxylation sites is 3. The van der Waals surface area contributed by atoms with Gasteiger partial charge in [-0.1, -0.05) is 199 Å². The summed E-state index contributed by atoms with van der Waals surface area (Å²) in [5, 5.41) is 0.856. The van der Waals surface area contributed by atoms with Crippen LogP contribution in [0.2, 0.25) is 0 Å². The topological polar surface area (TPSA) is 33.5 Å². The van der Waals surface area contributed by atoms with E-state index in [0.717, 1.165) is 46.7 Å². The van der Waals surface area contributed by atoms with Gasteiger partial charge in [0.25, 0.3) is 0 Å². The van der Waals surface area contributed by atoms with Crippen LogP contribution in [0.3, 0.4) is 0 Å². The molecular formula is C74H76N4O. The highest BCUT2D eigenvalue weighted by Gasteiger charge is 2.39. The minimum atomic E-state index is -0.657. The molecule has 0 saturated heterocycles. The fourth-order valence-corrected chi connectivity index (χ4v) is 12.0. The van der Waals surface area contributed by atoms with Gasteiger partial charge in [0.1, 0.15) is 24.0 Å². The van der Waals surface area contributed by atoms with E-state index in [1.54, 1.807) is 10.6 Å². The third-order valence-electron chi connectivity index (χ3n) is 16.6. The minimum Gasteiger partial charge on any atom is -0.457 e. The van der Waals surface area contributed by atoms with Crippen molar-refractivity contribution in [2.75, 3.05) is 16.5 Å². The third kappa shape index (κ3) is 9.39. The Kier molecular flexibility index (Phi) is 10.1. The second-order valence-electron chi connectivity index (χ2n) is 26.2. The molecule has 0 saturated carbocycles. The van der Waals surface area contributed by atoms with Gasteiger partial charge in [-0.25, -0.2) is 4.98 Å². The van der Waals surface area contributed by atoms with Crippen molar-refractivity contribution in [3.63, 3.8) is 0 Å². The first-order valence-electron chi connectivity index (χ1n) is 32.3. The summed E-state index contributed by atoms with van der Waals surface area (Å²) in [5.74, 6) is 1.31. The lowest BCUT2D eigenvalue weighted by molar-refractivity contribution is 0.332. The molecule has 398 valence electrons. The first kappa shape index (κ1) is 42.1. The van der Waals surface area contributed by atoms with Crippen LogP contribution >= 0.6 is 0 Å². The van der Waals surface area contributed by atoms with E-state index in [1.807, 2.05) is 57.2 Å². The number of ether oxygens (including phenoxy) is 1. The summed E-state index contributed by atoms with van der Waals surface area (Å²) in [6, 6.07) is 41.8. The molecular weight excluding hydrogens is 961 g/mol. The van der Waals surface area contributed by atoms with Crippen molar-refractivity contribution in [2.45, 2.75) is 130 Å². The number of rotatable bonds is 8. The standard InChI is InChI=1S/C74H76N4O/c1-70(2,3)51-26-21-25-49(39-51)58-41-52(71(4,5)6)42-59(50-33-36-61-63(40-50)74(12,13)38-37-73(61,10)11)69(58)77-47-76(65-31-19-20-32-66(65)77)53-27-22-28-54(43-53)79-55-34-35-57-56-29-17-18-30-64(56)78(67(57)44-55)68-45-62(72(7,8)9)60(46-75-68)48-23-15-14-16-24-48/h14-36,39-46H,37-38,47H2,1-13H3/i14D,15D,16D,17D,18D,23D,24D,29D,30D. The molecule has 1 aliphatic heterocycles. The van der Waals surface area contributed by atoms with Crippen LogP contribution in [0.4, 0.5) is 22.7 Å². The van der Waals surface area contributed by atoms with E-state index in [9.17, 15) is 2.74 Å². The summed E-state index contributed by atoms with van der Waals surface area (Å²) in [6.07, 6.45) is 3.74. The maximum atomic E-state index is 9.33. The molecule has 0 fully saturated rings. The summed E-state index contributed by atoms with van der Waals surface area (Å²) in [4.78, 5) is 9.73. The zero-order valence-corrected chi connectivity index (χ0v) is 48.0. The van der Waals surface area contributed by atoms with Gasteiger partial charge in [0.15, 0.2) is 0 Å². The van der Waals surface area contributed by atoms with Crippen molar-refractivity contribution in [3.8, 4) is 50.7 Å². The molecule has 0 radical (unpaired) electrons. The second kappa shape index (κ2) is 18.9. The molecule has 8 aromatic carbocycles. The number of anilines is 4. The molecule has 0 N–H and O–H groups in total. The minimum absolute atomic E-state index is 0.00103. The van der Waals surface area contributed by atoms with Crippen LogP contribution in [0.15, 0.2) is 188 Å². The molecule has 0 bridgehead atoms. The fraction of sp³-hybridized carbons (Fsp3) is 0.284. The molecule has 0 spiro atoms. The van der Waals surface area contributed by atoms with E-state index >= 15 is 0 Å². The van der Waals surface area contributed by atoms with Crippen molar-refractivity contribution in [1.82, 2.24) is 9.55 Å². The van der Waals surface area contributed by atoms with Crippen LogP contribution in [0.5, 0.6) is 11.5 Å². The normalized spacial score (nSPS) is 16.7. The molecule has 0 unspecified atom stereocenters. The SMILES string of the molecule is [2H]c1c([2H])c([2H])c(-c2cnc(-n3c4cc(Oc5cccc(N6CN(c7c(-c8cccc(C(C)(C)C)c8)cc(C(C)(C)C)cc7-c7ccc8c(c7)C(C)(C)CCC8(C)C)c7ccccc76)c5)ccc4c4c([2H])c([2H])c([2H])c([2H])c43)cc2C(C)(C)C)c([2H])c1[2H]. The van der Waals surface area contributed by atoms with Crippen molar-refractivity contribution in [1.29, 1.82) is 0 Å². The maximum absolute atomic E-state index is 9.33. The lowest BCUT2D eigenvalue weighted by Gasteiger charge is -2.42. The van der Waals surface area contributed by atoms with E-state index in [2.05, 4.69) is 164 Å². The van der Waals surface area contributed by atoms with Gasteiger partial charge in [0.05, 0.1) is 40.4 Å². The summed E-state index contributed by atoms with van der Waals surface area (Å²) < 4.78 is 87.7. The Bertz CT molecular complexity index is 4510. The largest absolute Gasteiger partial charge is 0.457 e. The predicted molar refractivity (Wildman–Crippen MR) is 335 cm³/mol. The summed E-state index contributed by atoms with van der Waals surface area (Å²) in [7, 11) is 0. The molecule has 0 atom stereocenters. The number of fused-ring (bicyclic) bond motifs is 5. The smallest absolute Gasteiger partial charge is 0.137 e. The number of nitrogens with zero attached hydrogens (tertiary/aromatic N) is 4. The van der Waals surface area contributed by atoms with Crippen molar-refractivity contribution in [2.24, 2.45) is 0 Å². The van der Waals surface area contributed by atoms with Gasteiger partial charge in [0.2, 0.25) is 0 Å². The van der Waals surface area contributed by atoms with Gasteiger partial charge in [0, 0.05) is 51.5 Å². The van der Waals surface area contributed by atoms with Gasteiger partial charge in [-0.3, -0.25) is 4.57 Å². The molecule has 79 heavy (non-hydrogen) atoms. The molecule has 5 heteroatoms. The fourth-order valence-electron chi connectivity index (χ4n) is 12.0. The van der Waals surface area contributed by atoms with E-state index in [4.69, 9.17) is 19.3 Å². The average Bonchev–Trinajstić information content (AvgIpc) is 1.49. The molecule has 2 aliphatic rings. The molecule has 1 aliphatic carbocycles. The van der Waals surface area contributed by atoms with Gasteiger partial charge in [-0.05, 0) is 145 Å². The number of hydrogen-bond donors (Lipinski definition) is 0. The van der Waals surface area contributed by atoms with Gasteiger partial charge in [-0.2, -0.15) is 0 Å². The predicted octanol–water partition coefficient (Wildman–Crippen LogP) is 20.5. The average molecular weight is 1050 g/mol. The Hall–Kier alpha value is -7.89. The summed E-state index contributed by atoms with van der Waals surface area (Å²) in [6.45, 7) is 29.7. The Balaban J connectivity index is 0.992. The molecule has 10 aromatic rings. The highest BCUT2D eigenvalue weighted by molar-refractivity contribution is 6.09. The molecule has 12 rings (SSSR count). The first-order valence-corrected chi connectivity index (χ1v) is 27.8. The van der Waals surface area contributed by atoms with Crippen LogP contribution in [0.1, 0.15) is 143 Å². The lowest BCUT2D eigenvalue weighted by Crippen LogP contribution is -2.33. The van der Waals surface area contributed by atoms with E-state index in [1.165, 1.54) is 39.6 Å². The zero-order chi connectivity index (χ0) is 63.2. The van der Waals surface area contributed by atoms with Crippen molar-refractivity contribution >= 4 is 44.6 Å². The highest BCUT2D eigenvalue weighted by atomic mass is 16.5. The van der Waals surface area contributed by atoms with Crippen LogP contribution in [-0.4, -0.2) is 16.2 Å². The number of hydrogen-bond acceptors (Lipinski definition) is 4. The molecule has 2 aromatic heterocycles. The first-order chi connectivity index (χ1) is 41.3. The van der Waals surface area contributed by atoms with Gasteiger partial charge in [-0.15, -0.1) is 0 Å². The van der Waals surface area contributed by atoms with E-state index < -0.39 is 29.6 Å². The monoisotopic (exact) mass is 1050 g/mol. The quantitative estimate of drug-likeness (QED) is 0.152. The number of aromatic nitrogens is 2. The van der Waals surface area contributed by atoms with E-state index in [-0.39, 0.29) is 63.0 Å². The second-order valence-corrected chi connectivity index (χ2v) is 26.2. The Morgan fingerprint density at radius 2 is 1.14 bits per heavy atom. The third-order valence-corrected chi connectivity index (χ3v) is 16.6. The summed E-state index contributed by atoms with van der Waals surface area (Å²) in [5.41, 5.74) is 15.1. The van der Waals surface area contributed by atoms with Crippen molar-refractivity contribution < 1.29 is 17.1 Å². The zero-order valence-electron chi connectivity index (χ0n) is 57.0. The Morgan fingerprint density at radius 1 is 0.494 bits per heavy atom. The molecule has 3 heterocycles. The van der Waals surface area contributed by atoms with Crippen LogP contribution < -0.4 is 14.5 Å².